The van der Waals surface area contributed by atoms with E-state index in [0.717, 1.165) is 23.3 Å². The number of hydrogen-bond donors (Lipinski definition) is 0. The SMILES string of the molecule is CC1CN([C@@H](C)c2cc(Br)ccn2)CC(C)N1C. The maximum atomic E-state index is 4.50. The fourth-order valence-electron chi connectivity index (χ4n) is 2.60. The van der Waals surface area contributed by atoms with Crippen LogP contribution in [0.1, 0.15) is 32.5 Å². The third kappa shape index (κ3) is 2.92. The van der Waals surface area contributed by atoms with Crippen LogP contribution in [0, 0.1) is 0 Å². The Kier molecular flexibility index (Phi) is 4.41. The summed E-state index contributed by atoms with van der Waals surface area (Å²) in [5.74, 6) is 0. The zero-order valence-electron chi connectivity index (χ0n) is 11.6. The molecular weight excluding hydrogens is 290 g/mol. The first-order chi connectivity index (χ1) is 8.49. The smallest absolute Gasteiger partial charge is 0.0583 e. The topological polar surface area (TPSA) is 19.4 Å². The monoisotopic (exact) mass is 311 g/mol. The maximum Gasteiger partial charge on any atom is 0.0583 e. The van der Waals surface area contributed by atoms with Gasteiger partial charge in [-0.3, -0.25) is 14.8 Å². The lowest BCUT2D eigenvalue weighted by Crippen LogP contribution is -2.55. The number of halogens is 1. The molecule has 0 radical (unpaired) electrons. The Morgan fingerprint density at radius 1 is 1.33 bits per heavy atom. The highest BCUT2D eigenvalue weighted by Crippen LogP contribution is 2.25. The predicted octanol–water partition coefficient (Wildman–Crippen LogP) is 2.93. The third-order valence-electron chi connectivity index (χ3n) is 4.11. The second-order valence-corrected chi connectivity index (χ2v) is 6.31. The number of likely N-dealkylation sites (N-methyl/N-ethyl adjacent to an activating group) is 1. The molecule has 1 aromatic heterocycles. The molecule has 0 aromatic carbocycles. The van der Waals surface area contributed by atoms with Gasteiger partial charge in [-0.1, -0.05) is 15.9 Å². The molecule has 2 rings (SSSR count). The van der Waals surface area contributed by atoms with Crippen molar-refractivity contribution in [2.45, 2.75) is 38.9 Å². The van der Waals surface area contributed by atoms with Crippen LogP contribution in [0.3, 0.4) is 0 Å². The van der Waals surface area contributed by atoms with Gasteiger partial charge in [-0.05, 0) is 40.0 Å². The molecule has 3 nitrogen and oxygen atoms in total. The Morgan fingerprint density at radius 2 is 1.94 bits per heavy atom. The van der Waals surface area contributed by atoms with Crippen LogP contribution in [0.25, 0.3) is 0 Å². The van der Waals surface area contributed by atoms with Crippen LogP contribution in [-0.2, 0) is 0 Å². The average Bonchev–Trinajstić information content (AvgIpc) is 2.34. The highest BCUT2D eigenvalue weighted by atomic mass is 79.9. The number of hydrogen-bond acceptors (Lipinski definition) is 3. The summed E-state index contributed by atoms with van der Waals surface area (Å²) in [5.41, 5.74) is 1.15. The van der Waals surface area contributed by atoms with Crippen molar-refractivity contribution >= 4 is 15.9 Å². The molecule has 18 heavy (non-hydrogen) atoms. The molecule has 1 saturated heterocycles. The lowest BCUT2D eigenvalue weighted by molar-refractivity contribution is 0.0367. The molecule has 0 aliphatic carbocycles. The van der Waals surface area contributed by atoms with Crippen molar-refractivity contribution in [2.75, 3.05) is 20.1 Å². The highest BCUT2D eigenvalue weighted by molar-refractivity contribution is 9.10. The van der Waals surface area contributed by atoms with E-state index in [0.29, 0.717) is 18.1 Å². The zero-order chi connectivity index (χ0) is 13.3. The first-order valence-electron chi connectivity index (χ1n) is 6.56. The van der Waals surface area contributed by atoms with E-state index in [1.807, 2.05) is 12.3 Å². The molecule has 4 heteroatoms. The molecule has 1 fully saturated rings. The fraction of sp³-hybridized carbons (Fsp3) is 0.643. The molecule has 3 atom stereocenters. The zero-order valence-corrected chi connectivity index (χ0v) is 13.2. The molecule has 0 bridgehead atoms. The van der Waals surface area contributed by atoms with Gasteiger partial charge in [-0.15, -0.1) is 0 Å². The van der Waals surface area contributed by atoms with E-state index in [1.165, 1.54) is 0 Å². The summed E-state index contributed by atoms with van der Waals surface area (Å²) in [5, 5.41) is 0. The summed E-state index contributed by atoms with van der Waals surface area (Å²) in [4.78, 5) is 9.49. The van der Waals surface area contributed by atoms with Crippen molar-refractivity contribution in [1.82, 2.24) is 14.8 Å². The predicted molar refractivity (Wildman–Crippen MR) is 78.6 cm³/mol. The largest absolute Gasteiger partial charge is 0.298 e. The van der Waals surface area contributed by atoms with E-state index in [-0.39, 0.29) is 0 Å². The van der Waals surface area contributed by atoms with Crippen LogP contribution in [0.2, 0.25) is 0 Å². The number of nitrogens with zero attached hydrogens (tertiary/aromatic N) is 3. The minimum absolute atomic E-state index is 0.376. The molecule has 0 amide bonds. The van der Waals surface area contributed by atoms with Crippen LogP contribution in [-0.4, -0.2) is 47.0 Å². The summed E-state index contributed by atoms with van der Waals surface area (Å²) in [7, 11) is 2.22. The number of piperazine rings is 1. The Balaban J connectivity index is 2.12. The summed E-state index contributed by atoms with van der Waals surface area (Å²) >= 11 is 3.52. The normalized spacial score (nSPS) is 28.3. The van der Waals surface area contributed by atoms with Gasteiger partial charge in [0.15, 0.2) is 0 Å². The van der Waals surface area contributed by atoms with E-state index in [1.54, 1.807) is 0 Å². The molecule has 2 heterocycles. The summed E-state index contributed by atoms with van der Waals surface area (Å²) in [6.07, 6.45) is 1.87. The molecule has 1 aliphatic heterocycles. The number of aromatic nitrogens is 1. The van der Waals surface area contributed by atoms with Crippen molar-refractivity contribution < 1.29 is 0 Å². The standard InChI is InChI=1S/C14H22BrN3/c1-10-8-18(9-11(2)17(10)4)12(3)14-7-13(15)5-6-16-14/h5-7,10-12H,8-9H2,1-4H3/t10?,11?,12-/m0/s1. The van der Waals surface area contributed by atoms with Crippen molar-refractivity contribution in [1.29, 1.82) is 0 Å². The molecule has 2 unspecified atom stereocenters. The van der Waals surface area contributed by atoms with E-state index in [4.69, 9.17) is 0 Å². The lowest BCUT2D eigenvalue weighted by Gasteiger charge is -2.44. The van der Waals surface area contributed by atoms with Gasteiger partial charge < -0.3 is 0 Å². The van der Waals surface area contributed by atoms with Crippen LogP contribution >= 0.6 is 15.9 Å². The van der Waals surface area contributed by atoms with Gasteiger partial charge in [-0.25, -0.2) is 0 Å². The van der Waals surface area contributed by atoms with Crippen LogP contribution in [0.5, 0.6) is 0 Å². The molecule has 1 aliphatic rings. The van der Waals surface area contributed by atoms with E-state index in [9.17, 15) is 0 Å². The van der Waals surface area contributed by atoms with Crippen LogP contribution in [0.15, 0.2) is 22.8 Å². The van der Waals surface area contributed by atoms with Crippen LogP contribution < -0.4 is 0 Å². The first kappa shape index (κ1) is 14.0. The Bertz CT molecular complexity index is 398. The second kappa shape index (κ2) is 5.68. The van der Waals surface area contributed by atoms with Gasteiger partial charge in [0, 0.05) is 41.9 Å². The van der Waals surface area contributed by atoms with E-state index >= 15 is 0 Å². The highest BCUT2D eigenvalue weighted by Gasteiger charge is 2.29. The average molecular weight is 312 g/mol. The Morgan fingerprint density at radius 3 is 2.50 bits per heavy atom. The molecule has 0 N–H and O–H groups in total. The quantitative estimate of drug-likeness (QED) is 0.837. The first-order valence-corrected chi connectivity index (χ1v) is 7.35. The third-order valence-corrected chi connectivity index (χ3v) is 4.60. The minimum Gasteiger partial charge on any atom is -0.298 e. The van der Waals surface area contributed by atoms with Gasteiger partial charge in [0.25, 0.3) is 0 Å². The van der Waals surface area contributed by atoms with Crippen molar-refractivity contribution in [3.8, 4) is 0 Å². The summed E-state index contributed by atoms with van der Waals surface area (Å²) < 4.78 is 1.11. The summed E-state index contributed by atoms with van der Waals surface area (Å²) in [6.45, 7) is 9.05. The minimum atomic E-state index is 0.376. The lowest BCUT2D eigenvalue weighted by atomic mass is 10.1. The fourth-order valence-corrected chi connectivity index (χ4v) is 2.95. The van der Waals surface area contributed by atoms with Gasteiger partial charge >= 0.3 is 0 Å². The molecule has 1 aromatic rings. The Labute approximate surface area is 118 Å². The Hall–Kier alpha value is -0.450. The second-order valence-electron chi connectivity index (χ2n) is 5.39. The summed E-state index contributed by atoms with van der Waals surface area (Å²) in [6, 6.07) is 5.68. The van der Waals surface area contributed by atoms with E-state index in [2.05, 4.69) is 64.6 Å². The van der Waals surface area contributed by atoms with Gasteiger partial charge in [0.05, 0.1) is 5.69 Å². The van der Waals surface area contributed by atoms with Crippen molar-refractivity contribution in [3.63, 3.8) is 0 Å². The molecular formula is C14H22BrN3. The maximum absolute atomic E-state index is 4.50. The number of rotatable bonds is 2. The number of pyridine rings is 1. The van der Waals surface area contributed by atoms with Gasteiger partial charge in [-0.2, -0.15) is 0 Å². The molecule has 100 valence electrons. The van der Waals surface area contributed by atoms with E-state index < -0.39 is 0 Å². The van der Waals surface area contributed by atoms with Gasteiger partial charge in [0.1, 0.15) is 0 Å². The van der Waals surface area contributed by atoms with Gasteiger partial charge in [0.2, 0.25) is 0 Å². The van der Waals surface area contributed by atoms with Crippen LogP contribution in [0.4, 0.5) is 0 Å². The van der Waals surface area contributed by atoms with Crippen molar-refractivity contribution in [3.05, 3.63) is 28.5 Å². The van der Waals surface area contributed by atoms with Crippen molar-refractivity contribution in [2.24, 2.45) is 0 Å². The molecule has 0 saturated carbocycles. The molecule has 0 spiro atoms.